The topological polar surface area (TPSA) is 82.2 Å². The van der Waals surface area contributed by atoms with Gasteiger partial charge in [0.1, 0.15) is 15.4 Å². The summed E-state index contributed by atoms with van der Waals surface area (Å²) < 4.78 is 23.9. The molecule has 1 heterocycles. The van der Waals surface area contributed by atoms with E-state index in [9.17, 15) is 18.5 Å². The van der Waals surface area contributed by atoms with Crippen LogP contribution in [-0.4, -0.2) is 29.9 Å². The van der Waals surface area contributed by atoms with Crippen LogP contribution in [0, 0.1) is 10.1 Å². The lowest BCUT2D eigenvalue weighted by molar-refractivity contribution is -0.383. The van der Waals surface area contributed by atoms with Gasteiger partial charge in [0.25, 0.3) is 5.69 Å². The highest BCUT2D eigenvalue weighted by atomic mass is 32.2. The second kappa shape index (κ2) is 4.41. The Morgan fingerprint density at radius 1 is 1.33 bits per heavy atom. The standard InChI is InChI=1S/C11H12N2O4S/c1-18(16,17)8-7-12-6-5-9-3-2-4-10(11(9)12)13(14)15/h2-6H,7-8H2,1H3. The number of benzene rings is 1. The van der Waals surface area contributed by atoms with Gasteiger partial charge in [-0.25, -0.2) is 8.42 Å². The predicted molar refractivity (Wildman–Crippen MR) is 68.3 cm³/mol. The fraction of sp³-hybridized carbons (Fsp3) is 0.273. The van der Waals surface area contributed by atoms with Crippen LogP contribution in [0.2, 0.25) is 0 Å². The predicted octanol–water partition coefficient (Wildman–Crippen LogP) is 1.59. The molecule has 0 unspecified atom stereocenters. The van der Waals surface area contributed by atoms with Crippen LogP contribution in [0.3, 0.4) is 0 Å². The minimum atomic E-state index is -3.09. The van der Waals surface area contributed by atoms with E-state index >= 15 is 0 Å². The summed E-state index contributed by atoms with van der Waals surface area (Å²) in [7, 11) is -3.09. The highest BCUT2D eigenvalue weighted by Crippen LogP contribution is 2.26. The third-order valence-electron chi connectivity index (χ3n) is 2.67. The first kappa shape index (κ1) is 12.6. The van der Waals surface area contributed by atoms with Gasteiger partial charge in [0.05, 0.1) is 10.7 Å². The molecule has 0 radical (unpaired) electrons. The van der Waals surface area contributed by atoms with Crippen LogP contribution in [0.5, 0.6) is 0 Å². The Morgan fingerprint density at radius 2 is 2.06 bits per heavy atom. The number of para-hydroxylation sites is 1. The minimum Gasteiger partial charge on any atom is -0.341 e. The second-order valence-corrected chi connectivity index (χ2v) is 6.37. The van der Waals surface area contributed by atoms with Crippen LogP contribution in [-0.2, 0) is 16.4 Å². The van der Waals surface area contributed by atoms with Crippen LogP contribution in [0.15, 0.2) is 30.5 Å². The summed E-state index contributed by atoms with van der Waals surface area (Å²) in [5.74, 6) is -0.0389. The van der Waals surface area contributed by atoms with E-state index in [4.69, 9.17) is 0 Å². The maximum Gasteiger partial charge on any atom is 0.293 e. The van der Waals surface area contributed by atoms with Crippen molar-refractivity contribution in [3.8, 4) is 0 Å². The van der Waals surface area contributed by atoms with Crippen LogP contribution < -0.4 is 0 Å². The number of hydrogen-bond donors (Lipinski definition) is 0. The lowest BCUT2D eigenvalue weighted by Crippen LogP contribution is -2.10. The highest BCUT2D eigenvalue weighted by molar-refractivity contribution is 7.90. The van der Waals surface area contributed by atoms with E-state index in [1.807, 2.05) is 0 Å². The molecule has 0 spiro atoms. The second-order valence-electron chi connectivity index (χ2n) is 4.11. The molecule has 2 aromatic rings. The summed E-state index contributed by atoms with van der Waals surface area (Å²) in [5, 5.41) is 11.7. The highest BCUT2D eigenvalue weighted by Gasteiger charge is 2.15. The van der Waals surface area contributed by atoms with Crippen LogP contribution >= 0.6 is 0 Å². The maximum absolute atomic E-state index is 11.1. The molecule has 0 aliphatic rings. The Balaban J connectivity index is 2.49. The molecule has 0 atom stereocenters. The Bertz CT molecular complexity index is 703. The van der Waals surface area contributed by atoms with Gasteiger partial charge in [0, 0.05) is 30.4 Å². The summed E-state index contributed by atoms with van der Waals surface area (Å²) in [5.41, 5.74) is 0.456. The Kier molecular flexibility index (Phi) is 3.08. The van der Waals surface area contributed by atoms with E-state index < -0.39 is 14.8 Å². The van der Waals surface area contributed by atoms with Crippen LogP contribution in [0.1, 0.15) is 0 Å². The third kappa shape index (κ3) is 2.51. The summed E-state index contributed by atoms with van der Waals surface area (Å²) >= 11 is 0. The van der Waals surface area contributed by atoms with Gasteiger partial charge >= 0.3 is 0 Å². The van der Waals surface area contributed by atoms with E-state index in [1.54, 1.807) is 29.0 Å². The minimum absolute atomic E-state index is 0.00833. The lowest BCUT2D eigenvalue weighted by atomic mass is 10.2. The average Bonchev–Trinajstić information content (AvgIpc) is 2.68. The van der Waals surface area contributed by atoms with E-state index in [1.165, 1.54) is 6.07 Å². The van der Waals surface area contributed by atoms with Crippen molar-refractivity contribution < 1.29 is 13.3 Å². The van der Waals surface area contributed by atoms with Crippen molar-refractivity contribution in [1.29, 1.82) is 0 Å². The Labute approximate surface area is 104 Å². The van der Waals surface area contributed by atoms with Gasteiger partial charge in [-0.1, -0.05) is 12.1 Å². The van der Waals surface area contributed by atoms with E-state index in [0.29, 0.717) is 5.52 Å². The zero-order valence-corrected chi connectivity index (χ0v) is 10.6. The zero-order chi connectivity index (χ0) is 13.3. The zero-order valence-electron chi connectivity index (χ0n) is 9.74. The third-order valence-corrected chi connectivity index (χ3v) is 3.59. The van der Waals surface area contributed by atoms with Gasteiger partial charge in [-0.15, -0.1) is 0 Å². The van der Waals surface area contributed by atoms with Crippen molar-refractivity contribution >= 4 is 26.4 Å². The summed E-state index contributed by atoms with van der Waals surface area (Å²) in [4.78, 5) is 10.5. The normalized spacial score (nSPS) is 11.8. The van der Waals surface area contributed by atoms with Crippen LogP contribution in [0.25, 0.3) is 10.9 Å². The molecule has 18 heavy (non-hydrogen) atoms. The molecule has 7 heteroatoms. The summed E-state index contributed by atoms with van der Waals surface area (Å²) in [6.45, 7) is 0.215. The molecule has 1 aromatic heterocycles. The molecule has 6 nitrogen and oxygen atoms in total. The SMILES string of the molecule is CS(=O)(=O)CCn1ccc2cccc([N+](=O)[O-])c21. The first-order valence-electron chi connectivity index (χ1n) is 5.28. The number of aromatic nitrogens is 1. The Hall–Kier alpha value is -1.89. The number of hydrogen-bond acceptors (Lipinski definition) is 4. The number of sulfone groups is 1. The molecule has 0 N–H and O–H groups in total. The molecule has 0 fully saturated rings. The van der Waals surface area contributed by atoms with Crippen molar-refractivity contribution in [2.75, 3.05) is 12.0 Å². The van der Waals surface area contributed by atoms with Gasteiger partial charge in [-0.05, 0) is 6.07 Å². The molecule has 0 saturated carbocycles. The Morgan fingerprint density at radius 3 is 2.67 bits per heavy atom. The number of nitro groups is 1. The number of nitrogens with zero attached hydrogens (tertiary/aromatic N) is 2. The largest absolute Gasteiger partial charge is 0.341 e. The fourth-order valence-electron chi connectivity index (χ4n) is 1.84. The van der Waals surface area contributed by atoms with Crippen molar-refractivity contribution in [3.05, 3.63) is 40.6 Å². The molecule has 0 bridgehead atoms. The molecule has 0 saturated heterocycles. The molecule has 96 valence electrons. The first-order chi connectivity index (χ1) is 8.38. The molecule has 1 aromatic carbocycles. The maximum atomic E-state index is 11.1. The number of fused-ring (bicyclic) bond motifs is 1. The van der Waals surface area contributed by atoms with Crippen molar-refractivity contribution in [3.63, 3.8) is 0 Å². The summed E-state index contributed by atoms with van der Waals surface area (Å²) in [6.07, 6.45) is 2.82. The molecule has 0 aliphatic carbocycles. The number of rotatable bonds is 4. The fourth-order valence-corrected chi connectivity index (χ4v) is 2.37. The van der Waals surface area contributed by atoms with Crippen molar-refractivity contribution in [2.24, 2.45) is 0 Å². The molecule has 0 amide bonds. The lowest BCUT2D eigenvalue weighted by Gasteiger charge is -2.04. The number of nitro benzene ring substituents is 1. The summed E-state index contributed by atoms with van der Waals surface area (Å²) in [6, 6.07) is 6.53. The van der Waals surface area contributed by atoms with E-state index in [-0.39, 0.29) is 18.0 Å². The number of aryl methyl sites for hydroxylation is 1. The van der Waals surface area contributed by atoms with Gasteiger partial charge in [0.2, 0.25) is 0 Å². The average molecular weight is 268 g/mol. The quantitative estimate of drug-likeness (QED) is 0.623. The van der Waals surface area contributed by atoms with Crippen molar-refractivity contribution in [2.45, 2.75) is 6.54 Å². The first-order valence-corrected chi connectivity index (χ1v) is 7.34. The molecular formula is C11H12N2O4S. The molecular weight excluding hydrogens is 256 g/mol. The number of non-ortho nitro benzene ring substituents is 1. The van der Waals surface area contributed by atoms with Gasteiger partial charge in [0.15, 0.2) is 0 Å². The van der Waals surface area contributed by atoms with Gasteiger partial charge in [-0.3, -0.25) is 10.1 Å². The van der Waals surface area contributed by atoms with E-state index in [0.717, 1.165) is 11.6 Å². The molecule has 0 aliphatic heterocycles. The van der Waals surface area contributed by atoms with Gasteiger partial charge < -0.3 is 4.57 Å². The van der Waals surface area contributed by atoms with Gasteiger partial charge in [-0.2, -0.15) is 0 Å². The van der Waals surface area contributed by atoms with Crippen LogP contribution in [0.4, 0.5) is 5.69 Å². The smallest absolute Gasteiger partial charge is 0.293 e. The molecule has 2 rings (SSSR count). The monoisotopic (exact) mass is 268 g/mol. The van der Waals surface area contributed by atoms with Crippen molar-refractivity contribution in [1.82, 2.24) is 4.57 Å². The van der Waals surface area contributed by atoms with E-state index in [2.05, 4.69) is 0 Å².